The van der Waals surface area contributed by atoms with Crippen LogP contribution in [-0.4, -0.2) is 49.9 Å². The summed E-state index contributed by atoms with van der Waals surface area (Å²) in [7, 11) is 0. The van der Waals surface area contributed by atoms with Crippen LogP contribution < -0.4 is 4.74 Å². The SMILES string of the molecule is CC[C@H](C)c1ccc(N=Cc2ccc(OCC(=O)N3CCOCC3)c(Br)c2)cc1. The van der Waals surface area contributed by atoms with Gasteiger partial charge < -0.3 is 14.4 Å². The van der Waals surface area contributed by atoms with E-state index in [0.29, 0.717) is 38.0 Å². The Balaban J connectivity index is 1.57. The minimum Gasteiger partial charge on any atom is -0.483 e. The molecule has 2 aromatic rings. The maximum Gasteiger partial charge on any atom is 0.260 e. The first-order valence-corrected chi connectivity index (χ1v) is 10.8. The van der Waals surface area contributed by atoms with Crippen LogP contribution in [0.3, 0.4) is 0 Å². The van der Waals surface area contributed by atoms with Gasteiger partial charge in [-0.1, -0.05) is 26.0 Å². The number of ether oxygens (including phenoxy) is 2. The average Bonchev–Trinajstić information content (AvgIpc) is 2.77. The zero-order valence-corrected chi connectivity index (χ0v) is 18.5. The smallest absolute Gasteiger partial charge is 0.260 e. The molecule has 3 rings (SSSR count). The van der Waals surface area contributed by atoms with Gasteiger partial charge in [0, 0.05) is 19.3 Å². The van der Waals surface area contributed by atoms with E-state index in [1.54, 1.807) is 4.90 Å². The predicted molar refractivity (Wildman–Crippen MR) is 119 cm³/mol. The zero-order chi connectivity index (χ0) is 20.6. The quantitative estimate of drug-likeness (QED) is 0.551. The maximum absolute atomic E-state index is 12.2. The first kappa shape index (κ1) is 21.5. The van der Waals surface area contributed by atoms with Gasteiger partial charge in [0.1, 0.15) is 5.75 Å². The van der Waals surface area contributed by atoms with E-state index in [1.807, 2.05) is 36.5 Å². The molecule has 0 N–H and O–H groups in total. The number of hydrogen-bond donors (Lipinski definition) is 0. The van der Waals surface area contributed by atoms with Gasteiger partial charge in [0.15, 0.2) is 6.61 Å². The fourth-order valence-electron chi connectivity index (χ4n) is 3.03. The van der Waals surface area contributed by atoms with Crippen molar-refractivity contribution in [1.82, 2.24) is 4.90 Å². The summed E-state index contributed by atoms with van der Waals surface area (Å²) in [5.41, 5.74) is 3.21. The second-order valence-corrected chi connectivity index (χ2v) is 7.99. The molecule has 0 saturated carbocycles. The van der Waals surface area contributed by atoms with Crippen molar-refractivity contribution in [3.05, 3.63) is 58.1 Å². The van der Waals surface area contributed by atoms with Gasteiger partial charge in [-0.3, -0.25) is 9.79 Å². The number of nitrogens with zero attached hydrogens (tertiary/aromatic N) is 2. The lowest BCUT2D eigenvalue weighted by molar-refractivity contribution is -0.137. The number of morpholine rings is 1. The van der Waals surface area contributed by atoms with Crippen molar-refractivity contribution >= 4 is 33.7 Å². The Labute approximate surface area is 180 Å². The molecule has 1 aliphatic rings. The molecular weight excluding hydrogens is 432 g/mol. The van der Waals surface area contributed by atoms with Crippen LogP contribution in [0.25, 0.3) is 0 Å². The molecule has 1 atom stereocenters. The third-order valence-electron chi connectivity index (χ3n) is 5.11. The molecule has 6 heteroatoms. The van der Waals surface area contributed by atoms with E-state index in [2.05, 4.69) is 46.9 Å². The standard InChI is InChI=1S/C23H27BrN2O3/c1-3-17(2)19-5-7-20(8-6-19)25-15-18-4-9-22(21(24)14-18)29-16-23(27)26-10-12-28-13-11-26/h4-9,14-15,17H,3,10-13,16H2,1-2H3/t17-/m0/s1. The van der Waals surface area contributed by atoms with Crippen LogP contribution in [0.1, 0.15) is 37.3 Å². The van der Waals surface area contributed by atoms with Crippen LogP contribution in [-0.2, 0) is 9.53 Å². The van der Waals surface area contributed by atoms with Gasteiger partial charge in [-0.25, -0.2) is 0 Å². The van der Waals surface area contributed by atoms with E-state index in [9.17, 15) is 4.79 Å². The Morgan fingerprint density at radius 2 is 1.97 bits per heavy atom. The van der Waals surface area contributed by atoms with Crippen LogP contribution in [0, 0.1) is 0 Å². The predicted octanol–water partition coefficient (Wildman–Crippen LogP) is 4.95. The molecule has 154 valence electrons. The number of aliphatic imine (C=N–C) groups is 1. The number of amides is 1. The van der Waals surface area contributed by atoms with E-state index in [0.717, 1.165) is 22.1 Å². The number of rotatable bonds is 7. The van der Waals surface area contributed by atoms with Crippen molar-refractivity contribution in [3.8, 4) is 5.75 Å². The Bertz CT molecular complexity index is 846. The summed E-state index contributed by atoms with van der Waals surface area (Å²) in [5, 5.41) is 0. The maximum atomic E-state index is 12.2. The summed E-state index contributed by atoms with van der Waals surface area (Å²) in [6.45, 7) is 6.87. The van der Waals surface area contributed by atoms with Crippen molar-refractivity contribution in [3.63, 3.8) is 0 Å². The monoisotopic (exact) mass is 458 g/mol. The second kappa shape index (κ2) is 10.6. The van der Waals surface area contributed by atoms with Crippen LogP contribution in [0.4, 0.5) is 5.69 Å². The molecule has 0 unspecified atom stereocenters. The highest BCUT2D eigenvalue weighted by molar-refractivity contribution is 9.10. The van der Waals surface area contributed by atoms with Gasteiger partial charge in [0.05, 0.1) is 23.4 Å². The number of carbonyl (C=O) groups excluding carboxylic acids is 1. The van der Waals surface area contributed by atoms with Crippen molar-refractivity contribution in [2.24, 2.45) is 4.99 Å². The van der Waals surface area contributed by atoms with Crippen LogP contribution in [0.5, 0.6) is 5.75 Å². The fourth-order valence-corrected chi connectivity index (χ4v) is 3.54. The first-order valence-electron chi connectivity index (χ1n) is 9.98. The highest BCUT2D eigenvalue weighted by atomic mass is 79.9. The van der Waals surface area contributed by atoms with Crippen molar-refractivity contribution in [2.75, 3.05) is 32.9 Å². The number of halogens is 1. The lowest BCUT2D eigenvalue weighted by Gasteiger charge is -2.26. The van der Waals surface area contributed by atoms with Crippen LogP contribution >= 0.6 is 15.9 Å². The molecule has 0 spiro atoms. The molecule has 0 radical (unpaired) electrons. The van der Waals surface area contributed by atoms with Crippen molar-refractivity contribution in [1.29, 1.82) is 0 Å². The van der Waals surface area contributed by atoms with E-state index in [-0.39, 0.29) is 12.5 Å². The molecular formula is C23H27BrN2O3. The lowest BCUT2D eigenvalue weighted by atomic mass is 9.99. The summed E-state index contributed by atoms with van der Waals surface area (Å²) < 4.78 is 11.8. The van der Waals surface area contributed by atoms with Gasteiger partial charge in [0.2, 0.25) is 0 Å². The number of carbonyl (C=O) groups is 1. The molecule has 1 amide bonds. The van der Waals surface area contributed by atoms with Gasteiger partial charge >= 0.3 is 0 Å². The summed E-state index contributed by atoms with van der Waals surface area (Å²) in [4.78, 5) is 18.5. The van der Waals surface area contributed by atoms with Crippen LogP contribution in [0.15, 0.2) is 51.9 Å². The van der Waals surface area contributed by atoms with Gasteiger partial charge in [-0.05, 0) is 69.7 Å². The molecule has 0 bridgehead atoms. The Kier molecular flexibility index (Phi) is 7.83. The summed E-state index contributed by atoms with van der Waals surface area (Å²) >= 11 is 3.52. The normalized spacial score (nSPS) is 15.5. The van der Waals surface area contributed by atoms with E-state index >= 15 is 0 Å². The van der Waals surface area contributed by atoms with Crippen LogP contribution in [0.2, 0.25) is 0 Å². The molecule has 1 saturated heterocycles. The van der Waals surface area contributed by atoms with Gasteiger partial charge in [-0.2, -0.15) is 0 Å². The molecule has 5 nitrogen and oxygen atoms in total. The Morgan fingerprint density at radius 1 is 1.24 bits per heavy atom. The Hall–Kier alpha value is -2.18. The van der Waals surface area contributed by atoms with Crippen molar-refractivity contribution in [2.45, 2.75) is 26.2 Å². The van der Waals surface area contributed by atoms with E-state index < -0.39 is 0 Å². The second-order valence-electron chi connectivity index (χ2n) is 7.13. The molecule has 1 aliphatic heterocycles. The third kappa shape index (κ3) is 6.15. The molecule has 2 aromatic carbocycles. The molecule has 29 heavy (non-hydrogen) atoms. The molecule has 1 heterocycles. The van der Waals surface area contributed by atoms with Crippen molar-refractivity contribution < 1.29 is 14.3 Å². The third-order valence-corrected chi connectivity index (χ3v) is 5.73. The minimum atomic E-state index is -0.0216. The minimum absolute atomic E-state index is 0.0216. The van der Waals surface area contributed by atoms with E-state index in [1.165, 1.54) is 5.56 Å². The highest BCUT2D eigenvalue weighted by Gasteiger charge is 2.17. The lowest BCUT2D eigenvalue weighted by Crippen LogP contribution is -2.43. The largest absolute Gasteiger partial charge is 0.483 e. The molecule has 0 aliphatic carbocycles. The summed E-state index contributed by atoms with van der Waals surface area (Å²) in [6, 6.07) is 14.1. The average molecular weight is 459 g/mol. The number of hydrogen-bond acceptors (Lipinski definition) is 4. The molecule has 0 aromatic heterocycles. The zero-order valence-electron chi connectivity index (χ0n) is 16.9. The fraction of sp³-hybridized carbons (Fsp3) is 0.391. The van der Waals surface area contributed by atoms with E-state index in [4.69, 9.17) is 9.47 Å². The summed E-state index contributed by atoms with van der Waals surface area (Å²) in [6.07, 6.45) is 2.95. The van der Waals surface area contributed by atoms with Gasteiger partial charge in [0.25, 0.3) is 5.91 Å². The Morgan fingerprint density at radius 3 is 2.62 bits per heavy atom. The summed E-state index contributed by atoms with van der Waals surface area (Å²) in [5.74, 6) is 1.18. The molecule has 1 fully saturated rings. The number of benzene rings is 2. The first-order chi connectivity index (χ1) is 14.1. The highest BCUT2D eigenvalue weighted by Crippen LogP contribution is 2.26. The topological polar surface area (TPSA) is 51.1 Å². The van der Waals surface area contributed by atoms with Gasteiger partial charge in [-0.15, -0.1) is 0 Å².